The van der Waals surface area contributed by atoms with Crippen molar-refractivity contribution < 1.29 is 31.9 Å². The predicted octanol–water partition coefficient (Wildman–Crippen LogP) is 3.48. The molecule has 2 atom stereocenters. The van der Waals surface area contributed by atoms with E-state index in [2.05, 4.69) is 5.32 Å². The molecule has 1 aliphatic rings. The highest BCUT2D eigenvalue weighted by atomic mass is 32.2. The molecule has 0 saturated heterocycles. The molecule has 0 unspecified atom stereocenters. The number of rotatable bonds is 12. The molecule has 0 saturated carbocycles. The lowest BCUT2D eigenvalue weighted by molar-refractivity contribution is -0.141. The first-order chi connectivity index (χ1) is 18.0. The smallest absolute Gasteiger partial charge is 0.242 e. The van der Waals surface area contributed by atoms with Gasteiger partial charge in [-0.25, -0.2) is 12.8 Å². The summed E-state index contributed by atoms with van der Waals surface area (Å²) in [5.74, 6) is -0.191. The summed E-state index contributed by atoms with van der Waals surface area (Å²) in [5, 5.41) is 2.87. The first-order valence-electron chi connectivity index (χ1n) is 12.7. The molecule has 2 amide bonds. The third-order valence-electron chi connectivity index (χ3n) is 6.43. The van der Waals surface area contributed by atoms with E-state index in [0.717, 1.165) is 12.7 Å². The van der Waals surface area contributed by atoms with E-state index in [1.165, 1.54) is 15.3 Å². The Bertz CT molecular complexity index is 1240. The maximum atomic E-state index is 14.4. The molecular formula is C27H36FN3O6S. The largest absolute Gasteiger partial charge is 0.486 e. The summed E-state index contributed by atoms with van der Waals surface area (Å²) >= 11 is 0. The van der Waals surface area contributed by atoms with Gasteiger partial charge in [0.1, 0.15) is 25.1 Å². The van der Waals surface area contributed by atoms with Gasteiger partial charge in [0.25, 0.3) is 0 Å². The van der Waals surface area contributed by atoms with Gasteiger partial charge in [-0.15, -0.1) is 0 Å². The van der Waals surface area contributed by atoms with E-state index in [-0.39, 0.29) is 49.4 Å². The molecule has 208 valence electrons. The highest BCUT2D eigenvalue weighted by molar-refractivity contribution is 7.92. The van der Waals surface area contributed by atoms with Crippen molar-refractivity contribution in [1.82, 2.24) is 10.2 Å². The van der Waals surface area contributed by atoms with Crippen LogP contribution < -0.4 is 19.1 Å². The van der Waals surface area contributed by atoms with Gasteiger partial charge >= 0.3 is 0 Å². The SMILES string of the molecule is CC[C@@H](C)NC(=O)[C@H](C)N(Cc1ccccc1F)C(=O)CCCN(c1ccc2c(c1)OCCO2)S(C)(=O)=O. The summed E-state index contributed by atoms with van der Waals surface area (Å²) in [4.78, 5) is 27.5. The van der Waals surface area contributed by atoms with Crippen LogP contribution in [0.5, 0.6) is 11.5 Å². The number of anilines is 1. The zero-order chi connectivity index (χ0) is 27.9. The molecule has 1 N–H and O–H groups in total. The van der Waals surface area contributed by atoms with Gasteiger partial charge in [-0.05, 0) is 44.9 Å². The van der Waals surface area contributed by atoms with Gasteiger partial charge in [-0.3, -0.25) is 13.9 Å². The molecule has 3 rings (SSSR count). The van der Waals surface area contributed by atoms with E-state index < -0.39 is 21.9 Å². The fourth-order valence-electron chi connectivity index (χ4n) is 4.05. The van der Waals surface area contributed by atoms with Crippen molar-refractivity contribution in [3.05, 3.63) is 53.8 Å². The molecule has 0 radical (unpaired) electrons. The van der Waals surface area contributed by atoms with Crippen LogP contribution in [0.3, 0.4) is 0 Å². The van der Waals surface area contributed by atoms with Crippen LogP contribution in [0, 0.1) is 5.82 Å². The van der Waals surface area contributed by atoms with Crippen molar-refractivity contribution in [2.24, 2.45) is 0 Å². The lowest BCUT2D eigenvalue weighted by Crippen LogP contribution is -2.49. The van der Waals surface area contributed by atoms with Gasteiger partial charge in [-0.1, -0.05) is 25.1 Å². The Kier molecular flexibility index (Phi) is 9.96. The van der Waals surface area contributed by atoms with Crippen LogP contribution >= 0.6 is 0 Å². The van der Waals surface area contributed by atoms with E-state index in [0.29, 0.717) is 30.4 Å². The van der Waals surface area contributed by atoms with E-state index >= 15 is 0 Å². The quantitative estimate of drug-likeness (QED) is 0.435. The second kappa shape index (κ2) is 12.9. The fraction of sp³-hybridized carbons (Fsp3) is 0.481. The maximum absolute atomic E-state index is 14.4. The number of carbonyl (C=O) groups excluding carboxylic acids is 2. The normalized spacial score (nSPS) is 14.3. The molecular weight excluding hydrogens is 513 g/mol. The molecule has 0 spiro atoms. The van der Waals surface area contributed by atoms with Crippen LogP contribution in [0.2, 0.25) is 0 Å². The molecule has 1 heterocycles. The summed E-state index contributed by atoms with van der Waals surface area (Å²) in [6, 6.07) is 10.1. The minimum absolute atomic E-state index is 0.0329. The third kappa shape index (κ3) is 7.59. The van der Waals surface area contributed by atoms with Gasteiger partial charge in [-0.2, -0.15) is 0 Å². The van der Waals surface area contributed by atoms with Crippen molar-refractivity contribution in [3.8, 4) is 11.5 Å². The van der Waals surface area contributed by atoms with Crippen LogP contribution in [-0.2, 0) is 26.2 Å². The Morgan fingerprint density at radius 1 is 1.08 bits per heavy atom. The maximum Gasteiger partial charge on any atom is 0.242 e. The average molecular weight is 550 g/mol. The molecule has 9 nitrogen and oxygen atoms in total. The van der Waals surface area contributed by atoms with Crippen molar-refractivity contribution in [2.45, 2.75) is 58.7 Å². The van der Waals surface area contributed by atoms with Gasteiger partial charge in [0.15, 0.2) is 11.5 Å². The summed E-state index contributed by atoms with van der Waals surface area (Å²) in [5.41, 5.74) is 0.687. The van der Waals surface area contributed by atoms with Crippen molar-refractivity contribution in [2.75, 3.05) is 30.3 Å². The highest BCUT2D eigenvalue weighted by Crippen LogP contribution is 2.34. The first kappa shape index (κ1) is 29.2. The minimum atomic E-state index is -3.66. The Hall–Kier alpha value is -3.34. The number of fused-ring (bicyclic) bond motifs is 1. The second-order valence-electron chi connectivity index (χ2n) is 9.37. The monoisotopic (exact) mass is 549 g/mol. The average Bonchev–Trinajstić information content (AvgIpc) is 2.89. The second-order valence-corrected chi connectivity index (χ2v) is 11.3. The van der Waals surface area contributed by atoms with Gasteiger partial charge in [0.05, 0.1) is 11.9 Å². The molecule has 0 fully saturated rings. The summed E-state index contributed by atoms with van der Waals surface area (Å²) < 4.78 is 51.9. The van der Waals surface area contributed by atoms with Crippen molar-refractivity contribution in [3.63, 3.8) is 0 Å². The molecule has 11 heteroatoms. The van der Waals surface area contributed by atoms with Crippen LogP contribution in [0.1, 0.15) is 45.6 Å². The fourth-order valence-corrected chi connectivity index (χ4v) is 5.01. The Morgan fingerprint density at radius 3 is 2.42 bits per heavy atom. The van der Waals surface area contributed by atoms with E-state index in [1.807, 2.05) is 13.8 Å². The van der Waals surface area contributed by atoms with E-state index in [1.54, 1.807) is 43.3 Å². The van der Waals surface area contributed by atoms with E-state index in [9.17, 15) is 22.4 Å². The number of carbonyl (C=O) groups is 2. The predicted molar refractivity (Wildman–Crippen MR) is 143 cm³/mol. The summed E-state index contributed by atoms with van der Waals surface area (Å²) in [7, 11) is -3.66. The molecule has 0 aliphatic carbocycles. The highest BCUT2D eigenvalue weighted by Gasteiger charge is 2.28. The number of ether oxygens (including phenoxy) is 2. The van der Waals surface area contributed by atoms with Crippen LogP contribution in [0.25, 0.3) is 0 Å². The number of nitrogens with zero attached hydrogens (tertiary/aromatic N) is 2. The Morgan fingerprint density at radius 2 is 1.76 bits per heavy atom. The molecule has 38 heavy (non-hydrogen) atoms. The lowest BCUT2D eigenvalue weighted by Gasteiger charge is -2.30. The van der Waals surface area contributed by atoms with Crippen molar-refractivity contribution >= 4 is 27.5 Å². The Labute approximate surface area is 224 Å². The first-order valence-corrected chi connectivity index (χ1v) is 14.6. The molecule has 1 aliphatic heterocycles. The number of benzene rings is 2. The van der Waals surface area contributed by atoms with E-state index in [4.69, 9.17) is 9.47 Å². The zero-order valence-electron chi connectivity index (χ0n) is 22.3. The number of hydrogen-bond donors (Lipinski definition) is 1. The lowest BCUT2D eigenvalue weighted by atomic mass is 10.1. The topological polar surface area (TPSA) is 105 Å². The van der Waals surface area contributed by atoms with Gasteiger partial charge < -0.3 is 19.7 Å². The van der Waals surface area contributed by atoms with Gasteiger partial charge in [0.2, 0.25) is 21.8 Å². The third-order valence-corrected chi connectivity index (χ3v) is 7.63. The molecule has 0 aromatic heterocycles. The van der Waals surface area contributed by atoms with Crippen LogP contribution in [-0.4, -0.2) is 63.2 Å². The number of halogens is 1. The summed E-state index contributed by atoms with van der Waals surface area (Å²) in [6.45, 7) is 6.14. The molecule has 2 aromatic carbocycles. The molecule has 2 aromatic rings. The number of sulfonamides is 1. The number of hydrogen-bond acceptors (Lipinski definition) is 6. The van der Waals surface area contributed by atoms with Gasteiger partial charge in [0, 0.05) is 37.2 Å². The zero-order valence-corrected chi connectivity index (χ0v) is 23.1. The number of nitrogens with one attached hydrogen (secondary N) is 1. The Balaban J connectivity index is 1.75. The number of amides is 2. The minimum Gasteiger partial charge on any atom is -0.486 e. The standard InChI is InChI=1S/C27H36FN3O6S/c1-5-19(2)29-27(33)20(3)30(18-21-9-6-7-10-23(21)28)26(32)11-8-14-31(38(4,34)35)22-12-13-24-25(17-22)37-16-15-36-24/h6-7,9-10,12-13,17,19-20H,5,8,11,14-16,18H2,1-4H3,(H,29,33)/t19-,20+/m1/s1. The van der Waals surface area contributed by atoms with Crippen LogP contribution in [0.4, 0.5) is 10.1 Å². The summed E-state index contributed by atoms with van der Waals surface area (Å²) in [6.07, 6.45) is 1.97. The van der Waals surface area contributed by atoms with Crippen LogP contribution in [0.15, 0.2) is 42.5 Å². The van der Waals surface area contributed by atoms with Crippen molar-refractivity contribution in [1.29, 1.82) is 0 Å². The molecule has 0 bridgehead atoms.